The summed E-state index contributed by atoms with van der Waals surface area (Å²) in [6.07, 6.45) is 17.8. The van der Waals surface area contributed by atoms with E-state index in [1.54, 1.807) is 0 Å². The van der Waals surface area contributed by atoms with Crippen LogP contribution in [0, 0.1) is 0 Å². The van der Waals surface area contributed by atoms with Gasteiger partial charge in [-0.15, -0.1) is 0 Å². The van der Waals surface area contributed by atoms with Crippen LogP contribution in [0.5, 0.6) is 0 Å². The third kappa shape index (κ3) is 7.19. The number of hydrogen-bond acceptors (Lipinski definition) is 0. The van der Waals surface area contributed by atoms with Crippen LogP contribution in [0.4, 0.5) is 0 Å². The zero-order valence-corrected chi connectivity index (χ0v) is 37.7. The topological polar surface area (TPSA) is 15.5 Å². The van der Waals surface area contributed by atoms with Gasteiger partial charge in [-0.3, -0.25) is 0 Å². The predicted octanol–water partition coefficient (Wildman–Crippen LogP) is 12.6. The molecule has 4 aromatic heterocycles. The summed E-state index contributed by atoms with van der Waals surface area (Å²) in [6, 6.07) is 72.1. The molecule has 20 aliphatic rings. The first kappa shape index (κ1) is 39.7. The van der Waals surface area contributed by atoms with E-state index >= 15 is 0 Å². The summed E-state index contributed by atoms with van der Waals surface area (Å²) in [5.74, 6) is 0. The molecule has 320 valence electrons. The Balaban J connectivity index is 0.902. The molecular weight excluding hydrogens is 825 g/mol. The Morgan fingerprint density at radius 1 is 0.191 bits per heavy atom. The second-order valence-corrected chi connectivity index (χ2v) is 18.4. The molecule has 0 fully saturated rings. The lowest BCUT2D eigenvalue weighted by molar-refractivity contribution is -0.688. The van der Waals surface area contributed by atoms with Crippen LogP contribution in [0.3, 0.4) is 0 Å². The average molecular weight is 873 g/mol. The van der Waals surface area contributed by atoms with Crippen molar-refractivity contribution in [1.82, 2.24) is 0 Å². The summed E-state index contributed by atoms with van der Waals surface area (Å²) in [5.41, 5.74) is 15.0. The van der Waals surface area contributed by atoms with Crippen molar-refractivity contribution in [1.29, 1.82) is 0 Å². The molecule has 16 bridgehead atoms. The number of hydrogen-bond donors (Lipinski definition) is 0. The number of pyridine rings is 4. The van der Waals surface area contributed by atoms with E-state index < -0.39 is 0 Å². The second-order valence-electron chi connectivity index (χ2n) is 18.4. The first-order valence-electron chi connectivity index (χ1n) is 23.7. The fraction of sp³-hybridized carbons (Fsp3) is 0.0625. The number of nitrogens with zero attached hydrogens (tertiary/aromatic N) is 4. The Morgan fingerprint density at radius 3 is 0.515 bits per heavy atom. The van der Waals surface area contributed by atoms with Crippen molar-refractivity contribution in [3.8, 4) is 44.5 Å². The number of aromatic nitrogens is 4. The fourth-order valence-electron chi connectivity index (χ4n) is 10.8. The molecule has 24 heterocycles. The third-order valence-electron chi connectivity index (χ3n) is 14.1. The second kappa shape index (κ2) is 16.7. The van der Waals surface area contributed by atoms with Crippen LogP contribution in [0.2, 0.25) is 0 Å². The number of fused-ring (bicyclic) bond motifs is 1. The summed E-state index contributed by atoms with van der Waals surface area (Å²) in [4.78, 5) is 0. The SMILES string of the molecule is c1ccc2c3c4ccccc4c(c2c1)-c1cc[n+](cc1)Cc1ccc(cc1)C[n+]1ccc(cc1)-c1c2ccccc2c(c2ccccc12)-c1cc[n+](cc1)Cc1ccc(cc1)C[n+]1ccc-3cc1. The third-order valence-corrected chi connectivity index (χ3v) is 14.1. The molecular formula is C64H48N4+4. The Kier molecular flexibility index (Phi) is 9.75. The van der Waals surface area contributed by atoms with Gasteiger partial charge in [0.15, 0.2) is 75.8 Å². The van der Waals surface area contributed by atoms with Crippen molar-refractivity contribution in [3.63, 3.8) is 0 Å². The van der Waals surface area contributed by atoms with E-state index in [9.17, 15) is 0 Å². The van der Waals surface area contributed by atoms with E-state index in [0.717, 1.165) is 26.2 Å². The van der Waals surface area contributed by atoms with E-state index in [1.807, 2.05) is 0 Å². The molecule has 32 rings (SSSR count). The zero-order valence-electron chi connectivity index (χ0n) is 37.7. The minimum Gasteiger partial charge on any atom is -0.201 e. The van der Waals surface area contributed by atoms with Gasteiger partial charge in [-0.25, -0.2) is 18.3 Å². The van der Waals surface area contributed by atoms with Crippen LogP contribution in [0.25, 0.3) is 87.6 Å². The lowest BCUT2D eigenvalue weighted by atomic mass is 9.86. The Hall–Kier alpha value is -8.60. The van der Waals surface area contributed by atoms with Crippen molar-refractivity contribution in [2.45, 2.75) is 26.2 Å². The summed E-state index contributed by atoms with van der Waals surface area (Å²) >= 11 is 0. The van der Waals surface area contributed by atoms with Gasteiger partial charge in [-0.2, -0.15) is 0 Å². The largest absolute Gasteiger partial charge is 0.201 e. The van der Waals surface area contributed by atoms with Gasteiger partial charge in [0.1, 0.15) is 0 Å². The van der Waals surface area contributed by atoms with Gasteiger partial charge in [0, 0.05) is 70.8 Å². The Labute approximate surface area is 396 Å². The van der Waals surface area contributed by atoms with Crippen LogP contribution in [-0.4, -0.2) is 0 Å². The molecule has 12 aromatic rings. The minimum absolute atomic E-state index is 0.799. The Morgan fingerprint density at radius 2 is 0.353 bits per heavy atom. The van der Waals surface area contributed by atoms with Crippen LogP contribution in [-0.2, 0) is 26.2 Å². The van der Waals surface area contributed by atoms with Gasteiger partial charge >= 0.3 is 0 Å². The molecule has 20 aliphatic heterocycles. The van der Waals surface area contributed by atoms with Gasteiger partial charge in [-0.1, -0.05) is 146 Å². The maximum absolute atomic E-state index is 2.29. The first-order chi connectivity index (χ1) is 33.7. The molecule has 0 spiro atoms. The minimum atomic E-state index is 0.799. The highest BCUT2D eigenvalue weighted by atomic mass is 14.9. The highest BCUT2D eigenvalue weighted by molar-refractivity contribution is 6.22. The molecule has 0 aliphatic carbocycles. The quantitative estimate of drug-likeness (QED) is 0.107. The van der Waals surface area contributed by atoms with Gasteiger partial charge in [0.25, 0.3) is 0 Å². The lowest BCUT2D eigenvalue weighted by Crippen LogP contribution is -2.34. The van der Waals surface area contributed by atoms with Crippen molar-refractivity contribution < 1.29 is 18.3 Å². The van der Waals surface area contributed by atoms with E-state index in [4.69, 9.17) is 0 Å². The van der Waals surface area contributed by atoms with Crippen molar-refractivity contribution in [2.75, 3.05) is 0 Å². The van der Waals surface area contributed by atoms with E-state index in [2.05, 4.69) is 262 Å². The van der Waals surface area contributed by atoms with Gasteiger partial charge in [0.2, 0.25) is 0 Å². The molecule has 8 aromatic carbocycles. The first-order valence-corrected chi connectivity index (χ1v) is 23.7. The molecule has 4 heteroatoms. The van der Waals surface area contributed by atoms with Crippen LogP contribution < -0.4 is 18.3 Å². The maximum atomic E-state index is 2.29. The molecule has 0 N–H and O–H groups in total. The van der Waals surface area contributed by atoms with Gasteiger partial charge in [0.05, 0.1) is 0 Å². The van der Waals surface area contributed by atoms with E-state index in [-0.39, 0.29) is 0 Å². The molecule has 68 heavy (non-hydrogen) atoms. The summed E-state index contributed by atoms with van der Waals surface area (Å²) in [5, 5.41) is 10.1. The van der Waals surface area contributed by atoms with Crippen LogP contribution in [0.15, 0.2) is 244 Å². The fourth-order valence-corrected chi connectivity index (χ4v) is 10.8. The van der Waals surface area contributed by atoms with Gasteiger partial charge < -0.3 is 0 Å². The van der Waals surface area contributed by atoms with E-state index in [1.165, 1.54) is 110 Å². The average Bonchev–Trinajstić information content (AvgIpc) is 3.39. The monoisotopic (exact) mass is 872 g/mol. The zero-order chi connectivity index (χ0) is 45.0. The summed E-state index contributed by atoms with van der Waals surface area (Å²) in [7, 11) is 0. The standard InChI is InChI=1S/C64H48N4/c1-2-10-54-53(9-1)61-49-25-33-65(34-26-49)41-45-17-19-47(20-18-45)43-67-37-29-51(30-38-67)63-57-13-5-7-15-59(57)64(60-16-8-6-14-58(60)63)52-31-39-68(40-32-52)44-48-23-21-46(22-24-48)42-66-35-27-50(28-36-66)62(54)56-12-4-3-11-55(56)61/h1-40H,41-44H2/q+4. The molecule has 0 unspecified atom stereocenters. The molecule has 4 nitrogen and oxygen atoms in total. The van der Waals surface area contributed by atoms with Crippen molar-refractivity contribution in [3.05, 3.63) is 266 Å². The van der Waals surface area contributed by atoms with Gasteiger partial charge in [-0.05, 0) is 87.6 Å². The number of rotatable bonds is 0. The molecule has 0 radical (unpaired) electrons. The molecule has 0 saturated heterocycles. The lowest BCUT2D eigenvalue weighted by Gasteiger charge is -2.17. The number of benzene rings is 8. The summed E-state index contributed by atoms with van der Waals surface area (Å²) < 4.78 is 9.12. The maximum Gasteiger partial charge on any atom is 0.173 e. The normalized spacial score (nSPS) is 12.5. The van der Waals surface area contributed by atoms with Crippen LogP contribution >= 0.6 is 0 Å². The highest BCUT2D eigenvalue weighted by Crippen LogP contribution is 2.45. The summed E-state index contributed by atoms with van der Waals surface area (Å²) in [6.45, 7) is 3.19. The van der Waals surface area contributed by atoms with Crippen molar-refractivity contribution in [2.24, 2.45) is 0 Å². The highest BCUT2D eigenvalue weighted by Gasteiger charge is 2.21. The van der Waals surface area contributed by atoms with Crippen molar-refractivity contribution >= 4 is 43.1 Å². The predicted molar refractivity (Wildman–Crippen MR) is 275 cm³/mol. The smallest absolute Gasteiger partial charge is 0.173 e. The van der Waals surface area contributed by atoms with Crippen LogP contribution in [0.1, 0.15) is 22.3 Å². The Bertz CT molecular complexity index is 3220. The molecule has 0 amide bonds. The molecule has 0 saturated carbocycles. The molecule has 0 atom stereocenters. The van der Waals surface area contributed by atoms with E-state index in [0.29, 0.717) is 0 Å².